The summed E-state index contributed by atoms with van der Waals surface area (Å²) in [4.78, 5) is 14.7. The van der Waals surface area contributed by atoms with Crippen LogP contribution < -0.4 is 0 Å². The highest BCUT2D eigenvalue weighted by Crippen LogP contribution is 2.26. The number of likely N-dealkylation sites (tertiary alicyclic amines) is 1. The third-order valence-corrected chi connectivity index (χ3v) is 5.14. The van der Waals surface area contributed by atoms with Gasteiger partial charge in [0.15, 0.2) is 5.82 Å². The van der Waals surface area contributed by atoms with Crippen LogP contribution in [0.25, 0.3) is 0 Å². The summed E-state index contributed by atoms with van der Waals surface area (Å²) < 4.78 is 5.64. The predicted molar refractivity (Wildman–Crippen MR) is 98.1 cm³/mol. The summed E-state index contributed by atoms with van der Waals surface area (Å²) in [7, 11) is 1.99. The van der Waals surface area contributed by atoms with Crippen molar-refractivity contribution in [3.8, 4) is 0 Å². The van der Waals surface area contributed by atoms with Gasteiger partial charge >= 0.3 is 0 Å². The standard InChI is InChI=1S/C18H24N8O/c1-3-25-12-15(10-20-25)18(27)24-8-4-6-14(11-24)17-22-21-16(23(17)2)13-26-9-5-7-19-26/h5,7,9-10,12,14H,3-4,6,8,11,13H2,1-2H3/t14-/m0/s1. The second kappa shape index (κ2) is 7.34. The van der Waals surface area contributed by atoms with Crippen LogP contribution in [-0.4, -0.2) is 58.2 Å². The van der Waals surface area contributed by atoms with E-state index in [4.69, 9.17) is 0 Å². The van der Waals surface area contributed by atoms with Gasteiger partial charge in [-0.15, -0.1) is 10.2 Å². The van der Waals surface area contributed by atoms with E-state index in [1.165, 1.54) is 0 Å². The maximum atomic E-state index is 12.8. The summed E-state index contributed by atoms with van der Waals surface area (Å²) in [6.07, 6.45) is 9.09. The van der Waals surface area contributed by atoms with Gasteiger partial charge in [0.2, 0.25) is 0 Å². The van der Waals surface area contributed by atoms with E-state index in [-0.39, 0.29) is 11.8 Å². The molecule has 142 valence electrons. The normalized spacial score (nSPS) is 17.4. The number of rotatable bonds is 5. The first-order chi connectivity index (χ1) is 13.2. The number of carbonyl (C=O) groups is 1. The monoisotopic (exact) mass is 368 g/mol. The van der Waals surface area contributed by atoms with E-state index in [2.05, 4.69) is 20.4 Å². The zero-order valence-electron chi connectivity index (χ0n) is 15.7. The first-order valence-corrected chi connectivity index (χ1v) is 9.33. The summed E-state index contributed by atoms with van der Waals surface area (Å²) >= 11 is 0. The fourth-order valence-electron chi connectivity index (χ4n) is 3.61. The van der Waals surface area contributed by atoms with Crippen LogP contribution in [0, 0.1) is 0 Å². The van der Waals surface area contributed by atoms with Crippen molar-refractivity contribution in [2.45, 2.75) is 38.8 Å². The average molecular weight is 368 g/mol. The SMILES string of the molecule is CCn1cc(C(=O)N2CCC[C@H](c3nnc(Cn4cccn4)n3C)C2)cn1. The Hall–Kier alpha value is -2.97. The van der Waals surface area contributed by atoms with E-state index < -0.39 is 0 Å². The molecular formula is C18H24N8O. The minimum Gasteiger partial charge on any atom is -0.338 e. The summed E-state index contributed by atoms with van der Waals surface area (Å²) in [6.45, 7) is 4.78. The van der Waals surface area contributed by atoms with Gasteiger partial charge in [0.1, 0.15) is 12.4 Å². The first-order valence-electron chi connectivity index (χ1n) is 9.33. The molecular weight excluding hydrogens is 344 g/mol. The number of hydrogen-bond acceptors (Lipinski definition) is 5. The molecule has 1 fully saturated rings. The minimum absolute atomic E-state index is 0.0401. The molecule has 1 amide bonds. The molecule has 0 bridgehead atoms. The fourth-order valence-corrected chi connectivity index (χ4v) is 3.61. The fraction of sp³-hybridized carbons (Fsp3) is 0.500. The van der Waals surface area contributed by atoms with Crippen LogP contribution in [0.2, 0.25) is 0 Å². The van der Waals surface area contributed by atoms with Crippen molar-refractivity contribution < 1.29 is 4.79 Å². The number of hydrogen-bond donors (Lipinski definition) is 0. The quantitative estimate of drug-likeness (QED) is 0.677. The highest BCUT2D eigenvalue weighted by molar-refractivity contribution is 5.93. The smallest absolute Gasteiger partial charge is 0.257 e. The van der Waals surface area contributed by atoms with Gasteiger partial charge in [-0.3, -0.25) is 14.2 Å². The zero-order chi connectivity index (χ0) is 18.8. The van der Waals surface area contributed by atoms with Crippen molar-refractivity contribution in [1.29, 1.82) is 0 Å². The first kappa shape index (κ1) is 17.4. The number of carbonyl (C=O) groups excluding carboxylic acids is 1. The van der Waals surface area contributed by atoms with E-state index >= 15 is 0 Å². The Kier molecular flexibility index (Phi) is 4.74. The molecule has 0 unspecified atom stereocenters. The highest BCUT2D eigenvalue weighted by atomic mass is 16.2. The molecule has 27 heavy (non-hydrogen) atoms. The number of piperidine rings is 1. The Balaban J connectivity index is 1.48. The van der Waals surface area contributed by atoms with Crippen molar-refractivity contribution >= 4 is 5.91 Å². The minimum atomic E-state index is 0.0401. The highest BCUT2D eigenvalue weighted by Gasteiger charge is 2.29. The molecule has 4 heterocycles. The maximum Gasteiger partial charge on any atom is 0.257 e. The van der Waals surface area contributed by atoms with Crippen molar-refractivity contribution in [2.24, 2.45) is 7.05 Å². The Morgan fingerprint density at radius 1 is 1.26 bits per heavy atom. The van der Waals surface area contributed by atoms with Gasteiger partial charge in [-0.25, -0.2) is 0 Å². The summed E-state index contributed by atoms with van der Waals surface area (Å²) in [6, 6.07) is 1.89. The lowest BCUT2D eigenvalue weighted by molar-refractivity contribution is 0.0703. The summed E-state index contributed by atoms with van der Waals surface area (Å²) in [5.41, 5.74) is 0.648. The molecule has 3 aromatic rings. The maximum absolute atomic E-state index is 12.8. The summed E-state index contributed by atoms with van der Waals surface area (Å²) in [5, 5.41) is 17.2. The van der Waals surface area contributed by atoms with Crippen LogP contribution in [0.1, 0.15) is 47.7 Å². The number of aromatic nitrogens is 7. The van der Waals surface area contributed by atoms with Gasteiger partial charge in [-0.1, -0.05) is 0 Å². The van der Waals surface area contributed by atoms with Gasteiger partial charge in [0.25, 0.3) is 5.91 Å². The molecule has 0 saturated carbocycles. The number of aryl methyl sites for hydroxylation is 1. The Bertz CT molecular complexity index is 910. The lowest BCUT2D eigenvalue weighted by Gasteiger charge is -2.32. The van der Waals surface area contributed by atoms with E-state index in [0.29, 0.717) is 18.7 Å². The molecule has 0 spiro atoms. The lowest BCUT2D eigenvalue weighted by atomic mass is 9.96. The summed E-state index contributed by atoms with van der Waals surface area (Å²) in [5.74, 6) is 2.02. The van der Waals surface area contributed by atoms with E-state index in [1.54, 1.807) is 17.1 Å². The third-order valence-electron chi connectivity index (χ3n) is 5.14. The number of amides is 1. The molecule has 1 aliphatic heterocycles. The molecule has 4 rings (SSSR count). The molecule has 0 aromatic carbocycles. The lowest BCUT2D eigenvalue weighted by Crippen LogP contribution is -2.39. The van der Waals surface area contributed by atoms with E-state index in [1.807, 2.05) is 46.6 Å². The van der Waals surface area contributed by atoms with E-state index in [0.717, 1.165) is 37.6 Å². The van der Waals surface area contributed by atoms with Crippen molar-refractivity contribution in [3.05, 3.63) is 48.1 Å². The predicted octanol–water partition coefficient (Wildman–Crippen LogP) is 1.30. The van der Waals surface area contributed by atoms with Crippen LogP contribution in [0.3, 0.4) is 0 Å². The van der Waals surface area contributed by atoms with Gasteiger partial charge in [0, 0.05) is 51.2 Å². The Morgan fingerprint density at radius 3 is 2.89 bits per heavy atom. The second-order valence-electron chi connectivity index (χ2n) is 6.91. The van der Waals surface area contributed by atoms with Gasteiger partial charge in [-0.05, 0) is 25.8 Å². The van der Waals surface area contributed by atoms with Crippen molar-refractivity contribution in [2.75, 3.05) is 13.1 Å². The van der Waals surface area contributed by atoms with Gasteiger partial charge in [-0.2, -0.15) is 10.2 Å². The zero-order valence-corrected chi connectivity index (χ0v) is 15.7. The molecule has 1 aliphatic rings. The molecule has 1 atom stereocenters. The molecule has 0 radical (unpaired) electrons. The Labute approximate surface area is 157 Å². The second-order valence-corrected chi connectivity index (χ2v) is 6.91. The third kappa shape index (κ3) is 3.49. The van der Waals surface area contributed by atoms with Gasteiger partial charge < -0.3 is 9.47 Å². The molecule has 3 aromatic heterocycles. The van der Waals surface area contributed by atoms with Gasteiger partial charge in [0.05, 0.1) is 11.8 Å². The van der Waals surface area contributed by atoms with Crippen LogP contribution in [0.5, 0.6) is 0 Å². The molecule has 0 N–H and O–H groups in total. The van der Waals surface area contributed by atoms with Crippen LogP contribution in [0.15, 0.2) is 30.9 Å². The largest absolute Gasteiger partial charge is 0.338 e. The average Bonchev–Trinajstić information content (AvgIpc) is 3.44. The molecule has 0 aliphatic carbocycles. The molecule has 1 saturated heterocycles. The van der Waals surface area contributed by atoms with Crippen LogP contribution >= 0.6 is 0 Å². The van der Waals surface area contributed by atoms with Crippen LogP contribution in [-0.2, 0) is 20.1 Å². The Morgan fingerprint density at radius 2 is 2.15 bits per heavy atom. The topological polar surface area (TPSA) is 86.7 Å². The number of nitrogens with zero attached hydrogens (tertiary/aromatic N) is 8. The van der Waals surface area contributed by atoms with Crippen molar-refractivity contribution in [3.63, 3.8) is 0 Å². The van der Waals surface area contributed by atoms with Crippen LogP contribution in [0.4, 0.5) is 0 Å². The molecule has 9 nitrogen and oxygen atoms in total. The van der Waals surface area contributed by atoms with Crippen molar-refractivity contribution in [1.82, 2.24) is 39.2 Å². The molecule has 9 heteroatoms. The van der Waals surface area contributed by atoms with E-state index in [9.17, 15) is 4.79 Å².